The van der Waals surface area contributed by atoms with Gasteiger partial charge in [-0.3, -0.25) is 4.79 Å². The van der Waals surface area contributed by atoms with Gasteiger partial charge < -0.3 is 14.8 Å². The third-order valence-electron chi connectivity index (χ3n) is 2.79. The number of methoxy groups -OCH3 is 1. The Hall–Kier alpha value is -1.10. The molecule has 0 saturated carbocycles. The molecule has 15 heavy (non-hydrogen) atoms. The molecule has 1 rings (SSSR count). The molecule has 86 valence electrons. The van der Waals surface area contributed by atoms with Crippen molar-refractivity contribution in [3.05, 3.63) is 0 Å². The fourth-order valence-corrected chi connectivity index (χ4v) is 1.54. The summed E-state index contributed by atoms with van der Waals surface area (Å²) in [6, 6.07) is 0. The van der Waals surface area contributed by atoms with Gasteiger partial charge in [-0.25, -0.2) is 0 Å². The van der Waals surface area contributed by atoms with Crippen molar-refractivity contribution in [3.8, 4) is 0 Å². The molecule has 0 unspecified atom stereocenters. The number of piperidine rings is 1. The van der Waals surface area contributed by atoms with E-state index in [2.05, 4.69) is 5.16 Å². The van der Waals surface area contributed by atoms with Crippen molar-refractivity contribution in [2.45, 2.75) is 32.3 Å². The first-order valence-electron chi connectivity index (χ1n) is 5.05. The average molecular weight is 214 g/mol. The van der Waals surface area contributed by atoms with Gasteiger partial charge in [0.25, 0.3) is 5.91 Å². The van der Waals surface area contributed by atoms with Crippen molar-refractivity contribution in [2.24, 2.45) is 5.16 Å². The second-order valence-electron chi connectivity index (χ2n) is 4.17. The number of carbonyl (C=O) groups is 1. The first kappa shape index (κ1) is 12.0. The van der Waals surface area contributed by atoms with E-state index in [1.165, 1.54) is 7.11 Å². The largest absolute Gasteiger partial charge is 0.411 e. The van der Waals surface area contributed by atoms with Gasteiger partial charge in [-0.1, -0.05) is 5.16 Å². The summed E-state index contributed by atoms with van der Waals surface area (Å²) >= 11 is 0. The molecule has 0 aromatic heterocycles. The molecule has 0 spiro atoms. The van der Waals surface area contributed by atoms with Gasteiger partial charge in [0.15, 0.2) is 0 Å². The summed E-state index contributed by atoms with van der Waals surface area (Å²) < 4.78 is 5.14. The lowest BCUT2D eigenvalue weighted by molar-refractivity contribution is -0.151. The second-order valence-corrected chi connectivity index (χ2v) is 4.17. The zero-order valence-electron chi connectivity index (χ0n) is 9.49. The molecule has 1 amide bonds. The standard InChI is InChI=1S/C10H18N2O3/c1-10(2,15-3)9(13)12-6-4-8(11-14)5-7-12/h14H,4-7H2,1-3H3. The molecule has 1 aliphatic heterocycles. The Morgan fingerprint density at radius 1 is 1.47 bits per heavy atom. The van der Waals surface area contributed by atoms with Gasteiger partial charge in [-0.2, -0.15) is 0 Å². The Morgan fingerprint density at radius 2 is 2.00 bits per heavy atom. The van der Waals surface area contributed by atoms with Crippen LogP contribution >= 0.6 is 0 Å². The maximum absolute atomic E-state index is 11.9. The zero-order valence-corrected chi connectivity index (χ0v) is 9.49. The summed E-state index contributed by atoms with van der Waals surface area (Å²) in [5, 5.41) is 11.8. The van der Waals surface area contributed by atoms with Gasteiger partial charge in [-0.15, -0.1) is 0 Å². The van der Waals surface area contributed by atoms with Crippen LogP contribution < -0.4 is 0 Å². The molecule has 1 fully saturated rings. The fraction of sp³-hybridized carbons (Fsp3) is 0.800. The average Bonchev–Trinajstić information content (AvgIpc) is 2.28. The minimum absolute atomic E-state index is 0.0120. The van der Waals surface area contributed by atoms with E-state index in [-0.39, 0.29) is 5.91 Å². The predicted octanol–water partition coefficient (Wildman–Crippen LogP) is 0.864. The van der Waals surface area contributed by atoms with Gasteiger partial charge in [0.1, 0.15) is 5.60 Å². The molecule has 0 aromatic carbocycles. The van der Waals surface area contributed by atoms with Gasteiger partial charge in [-0.05, 0) is 13.8 Å². The van der Waals surface area contributed by atoms with Crippen LogP contribution in [-0.2, 0) is 9.53 Å². The van der Waals surface area contributed by atoms with Crippen molar-refractivity contribution in [3.63, 3.8) is 0 Å². The van der Waals surface area contributed by atoms with E-state index in [0.29, 0.717) is 25.9 Å². The highest BCUT2D eigenvalue weighted by Crippen LogP contribution is 2.16. The third-order valence-corrected chi connectivity index (χ3v) is 2.79. The van der Waals surface area contributed by atoms with Crippen molar-refractivity contribution in [2.75, 3.05) is 20.2 Å². The van der Waals surface area contributed by atoms with Gasteiger partial charge in [0.2, 0.25) is 0 Å². The van der Waals surface area contributed by atoms with E-state index in [9.17, 15) is 4.79 Å². The van der Waals surface area contributed by atoms with Gasteiger partial charge in [0.05, 0.1) is 5.71 Å². The highest BCUT2D eigenvalue weighted by atomic mass is 16.5. The molecule has 5 heteroatoms. The minimum atomic E-state index is -0.770. The Morgan fingerprint density at radius 3 is 2.40 bits per heavy atom. The molecule has 1 heterocycles. The van der Waals surface area contributed by atoms with Gasteiger partial charge in [0, 0.05) is 33.0 Å². The van der Waals surface area contributed by atoms with Crippen LogP contribution in [0.2, 0.25) is 0 Å². The lowest BCUT2D eigenvalue weighted by Crippen LogP contribution is -2.49. The molecule has 5 nitrogen and oxygen atoms in total. The number of amides is 1. The fourth-order valence-electron chi connectivity index (χ4n) is 1.54. The normalized spacial score (nSPS) is 17.8. The molecular weight excluding hydrogens is 196 g/mol. The smallest absolute Gasteiger partial charge is 0.254 e. The molecule has 0 aliphatic carbocycles. The minimum Gasteiger partial charge on any atom is -0.411 e. The summed E-state index contributed by atoms with van der Waals surface area (Å²) in [6.07, 6.45) is 1.28. The van der Waals surface area contributed by atoms with Gasteiger partial charge >= 0.3 is 0 Å². The maximum Gasteiger partial charge on any atom is 0.254 e. The second kappa shape index (κ2) is 4.61. The van der Waals surface area contributed by atoms with Crippen LogP contribution in [0.1, 0.15) is 26.7 Å². The van der Waals surface area contributed by atoms with E-state index in [1.54, 1.807) is 18.7 Å². The summed E-state index contributed by atoms with van der Waals surface area (Å²) in [6.45, 7) is 4.71. The molecule has 0 bridgehead atoms. The monoisotopic (exact) mass is 214 g/mol. The Bertz CT molecular complexity index is 264. The van der Waals surface area contributed by atoms with Crippen LogP contribution in [0, 0.1) is 0 Å². The van der Waals surface area contributed by atoms with E-state index in [1.807, 2.05) is 0 Å². The molecule has 1 aliphatic rings. The number of hydrogen-bond donors (Lipinski definition) is 1. The van der Waals surface area contributed by atoms with Crippen LogP contribution in [0.4, 0.5) is 0 Å². The SMILES string of the molecule is COC(C)(C)C(=O)N1CCC(=NO)CC1. The number of nitrogens with zero attached hydrogens (tertiary/aromatic N) is 2. The number of hydrogen-bond acceptors (Lipinski definition) is 4. The Balaban J connectivity index is 2.57. The molecule has 1 N–H and O–H groups in total. The number of rotatable bonds is 2. The lowest BCUT2D eigenvalue weighted by atomic mass is 10.0. The Kier molecular flexibility index (Phi) is 3.68. The van der Waals surface area contributed by atoms with Crippen molar-refractivity contribution < 1.29 is 14.7 Å². The Labute approximate surface area is 89.7 Å². The third kappa shape index (κ3) is 2.68. The number of likely N-dealkylation sites (tertiary alicyclic amines) is 1. The van der Waals surface area contributed by atoms with E-state index in [4.69, 9.17) is 9.94 Å². The summed E-state index contributed by atoms with van der Waals surface area (Å²) in [7, 11) is 1.53. The zero-order chi connectivity index (χ0) is 11.5. The predicted molar refractivity (Wildman–Crippen MR) is 56.1 cm³/mol. The lowest BCUT2D eigenvalue weighted by Gasteiger charge is -2.33. The van der Waals surface area contributed by atoms with Crippen molar-refractivity contribution >= 4 is 11.6 Å². The molecule has 0 atom stereocenters. The number of carbonyl (C=O) groups excluding carboxylic acids is 1. The van der Waals surface area contributed by atoms with E-state index < -0.39 is 5.60 Å². The molecular formula is C10H18N2O3. The maximum atomic E-state index is 11.9. The first-order valence-corrected chi connectivity index (χ1v) is 5.05. The molecule has 1 saturated heterocycles. The van der Waals surface area contributed by atoms with Crippen LogP contribution in [0.15, 0.2) is 5.16 Å². The molecule has 0 aromatic rings. The summed E-state index contributed by atoms with van der Waals surface area (Å²) in [5.74, 6) is -0.0120. The quantitative estimate of drug-likeness (QED) is 0.548. The van der Waals surface area contributed by atoms with Crippen LogP contribution in [0.25, 0.3) is 0 Å². The molecule has 0 radical (unpaired) electrons. The van der Waals surface area contributed by atoms with Crippen molar-refractivity contribution in [1.82, 2.24) is 4.90 Å². The summed E-state index contributed by atoms with van der Waals surface area (Å²) in [5.41, 5.74) is -0.0114. The number of ether oxygens (including phenoxy) is 1. The topological polar surface area (TPSA) is 62.1 Å². The van der Waals surface area contributed by atoms with Crippen LogP contribution in [0.5, 0.6) is 0 Å². The number of oxime groups is 1. The van der Waals surface area contributed by atoms with E-state index >= 15 is 0 Å². The van der Waals surface area contributed by atoms with E-state index in [0.717, 1.165) is 5.71 Å². The van der Waals surface area contributed by atoms with Crippen LogP contribution in [-0.4, -0.2) is 47.5 Å². The van der Waals surface area contributed by atoms with Crippen molar-refractivity contribution in [1.29, 1.82) is 0 Å². The van der Waals surface area contributed by atoms with Crippen LogP contribution in [0.3, 0.4) is 0 Å². The highest BCUT2D eigenvalue weighted by Gasteiger charge is 2.33. The summed E-state index contributed by atoms with van der Waals surface area (Å²) in [4.78, 5) is 13.7. The first-order chi connectivity index (χ1) is 7.01. The highest BCUT2D eigenvalue weighted by molar-refractivity contribution is 5.89.